The van der Waals surface area contributed by atoms with Gasteiger partial charge in [-0.3, -0.25) is 4.79 Å². The lowest BCUT2D eigenvalue weighted by Crippen LogP contribution is -2.12. The minimum Gasteiger partial charge on any atom is -0.360 e. The second-order valence-corrected chi connectivity index (χ2v) is 9.34. The van der Waals surface area contributed by atoms with E-state index in [9.17, 15) is 4.79 Å². The number of thioether (sulfide) groups is 1. The molecule has 28 heavy (non-hydrogen) atoms. The minimum atomic E-state index is -0.118. The number of rotatable bonds is 9. The third kappa shape index (κ3) is 6.21. The molecule has 10 heteroatoms. The number of amides is 1. The second kappa shape index (κ2) is 10.4. The van der Waals surface area contributed by atoms with Gasteiger partial charge in [-0.25, -0.2) is 0 Å². The molecular formula is C18H16ClN5OS3. The lowest BCUT2D eigenvalue weighted by molar-refractivity contribution is -0.115. The van der Waals surface area contributed by atoms with Crippen LogP contribution in [0, 0.1) is 11.3 Å². The summed E-state index contributed by atoms with van der Waals surface area (Å²) in [4.78, 5) is 13.4. The van der Waals surface area contributed by atoms with Gasteiger partial charge in [0.2, 0.25) is 11.0 Å². The fourth-order valence-corrected chi connectivity index (χ4v) is 4.94. The normalized spacial score (nSPS) is 10.4. The van der Waals surface area contributed by atoms with Gasteiger partial charge in [-0.2, -0.15) is 5.26 Å². The Morgan fingerprint density at radius 2 is 2.21 bits per heavy atom. The molecule has 0 spiro atoms. The van der Waals surface area contributed by atoms with E-state index >= 15 is 0 Å². The Bertz CT molecular complexity index is 968. The largest absolute Gasteiger partial charge is 0.360 e. The molecule has 0 unspecified atom stereocenters. The number of aromatic nitrogens is 2. The van der Waals surface area contributed by atoms with Gasteiger partial charge >= 0.3 is 0 Å². The van der Waals surface area contributed by atoms with Crippen molar-refractivity contribution in [2.24, 2.45) is 0 Å². The van der Waals surface area contributed by atoms with Gasteiger partial charge < -0.3 is 10.6 Å². The molecule has 2 aromatic heterocycles. The van der Waals surface area contributed by atoms with Crippen LogP contribution in [0.2, 0.25) is 5.02 Å². The molecule has 0 atom stereocenters. The molecular weight excluding hydrogens is 434 g/mol. The van der Waals surface area contributed by atoms with Crippen molar-refractivity contribution >= 4 is 62.8 Å². The predicted octanol–water partition coefficient (Wildman–Crippen LogP) is 4.90. The predicted molar refractivity (Wildman–Crippen MR) is 117 cm³/mol. The van der Waals surface area contributed by atoms with Crippen molar-refractivity contribution in [2.45, 2.75) is 17.2 Å². The molecule has 0 aliphatic heterocycles. The van der Waals surface area contributed by atoms with Gasteiger partial charge in [-0.15, -0.1) is 21.5 Å². The van der Waals surface area contributed by atoms with E-state index in [1.807, 2.05) is 12.1 Å². The zero-order chi connectivity index (χ0) is 19.8. The first-order chi connectivity index (χ1) is 13.6. The molecule has 144 valence electrons. The van der Waals surface area contributed by atoms with E-state index in [-0.39, 0.29) is 5.91 Å². The van der Waals surface area contributed by atoms with Crippen molar-refractivity contribution in [1.82, 2.24) is 10.2 Å². The van der Waals surface area contributed by atoms with Crippen LogP contribution in [0.5, 0.6) is 0 Å². The number of benzene rings is 1. The van der Waals surface area contributed by atoms with Gasteiger partial charge in [0, 0.05) is 29.3 Å². The van der Waals surface area contributed by atoms with Crippen molar-refractivity contribution in [3.05, 3.63) is 51.2 Å². The number of thiophene rings is 1. The molecule has 2 heterocycles. The van der Waals surface area contributed by atoms with Crippen LogP contribution in [0.25, 0.3) is 0 Å². The number of hydrogen-bond donors (Lipinski definition) is 2. The number of anilines is 2. The van der Waals surface area contributed by atoms with Gasteiger partial charge in [0.1, 0.15) is 6.07 Å². The summed E-state index contributed by atoms with van der Waals surface area (Å²) < 4.78 is 0.827. The van der Waals surface area contributed by atoms with Gasteiger partial charge in [0.25, 0.3) is 0 Å². The summed E-state index contributed by atoms with van der Waals surface area (Å²) in [5.74, 6) is 0.478. The molecule has 3 rings (SSSR count). The fourth-order valence-electron chi connectivity index (χ4n) is 2.23. The third-order valence-corrected chi connectivity index (χ3v) is 6.83. The number of nitrogens with zero attached hydrogens (tertiary/aromatic N) is 3. The zero-order valence-electron chi connectivity index (χ0n) is 14.6. The van der Waals surface area contributed by atoms with Crippen LogP contribution in [0.1, 0.15) is 16.9 Å². The number of nitriles is 1. The number of nitrogens with one attached hydrogen (secondary N) is 2. The Balaban J connectivity index is 1.37. The average Bonchev–Trinajstić information content (AvgIpc) is 3.34. The van der Waals surface area contributed by atoms with Crippen molar-refractivity contribution in [3.63, 3.8) is 0 Å². The molecule has 3 aromatic rings. The van der Waals surface area contributed by atoms with Crippen molar-refractivity contribution < 1.29 is 4.79 Å². The van der Waals surface area contributed by atoms with Gasteiger partial charge in [0.15, 0.2) is 4.34 Å². The van der Waals surface area contributed by atoms with E-state index in [2.05, 4.69) is 32.3 Å². The van der Waals surface area contributed by atoms with Crippen molar-refractivity contribution in [2.75, 3.05) is 22.9 Å². The van der Waals surface area contributed by atoms with Crippen LogP contribution in [-0.4, -0.2) is 28.4 Å². The molecule has 0 saturated heterocycles. The Morgan fingerprint density at radius 3 is 2.96 bits per heavy atom. The van der Waals surface area contributed by atoms with Crippen LogP contribution in [0.4, 0.5) is 10.8 Å². The Kier molecular flexibility index (Phi) is 7.68. The highest BCUT2D eigenvalue weighted by Crippen LogP contribution is 2.26. The molecule has 0 fully saturated rings. The van der Waals surface area contributed by atoms with Gasteiger partial charge in [0.05, 0.1) is 10.6 Å². The highest BCUT2D eigenvalue weighted by molar-refractivity contribution is 8.01. The van der Waals surface area contributed by atoms with Crippen molar-refractivity contribution in [1.29, 1.82) is 5.26 Å². The molecule has 0 aliphatic rings. The molecule has 6 nitrogen and oxygen atoms in total. The third-order valence-electron chi connectivity index (χ3n) is 3.56. The topological polar surface area (TPSA) is 90.7 Å². The molecule has 0 aliphatic carbocycles. The first-order valence-corrected chi connectivity index (χ1v) is 11.4. The second-order valence-electron chi connectivity index (χ2n) is 5.58. The monoisotopic (exact) mass is 449 g/mol. The first-order valence-electron chi connectivity index (χ1n) is 8.36. The molecule has 1 amide bonds. The van der Waals surface area contributed by atoms with E-state index in [4.69, 9.17) is 16.9 Å². The number of carbonyl (C=O) groups is 1. The maximum absolute atomic E-state index is 12.1. The van der Waals surface area contributed by atoms with E-state index in [0.717, 1.165) is 22.4 Å². The Hall–Kier alpha value is -2.12. The highest BCUT2D eigenvalue weighted by atomic mass is 35.5. The van der Waals surface area contributed by atoms with Crippen LogP contribution >= 0.6 is 46.0 Å². The summed E-state index contributed by atoms with van der Waals surface area (Å²) in [7, 11) is 0. The first kappa shape index (κ1) is 20.6. The zero-order valence-corrected chi connectivity index (χ0v) is 17.9. The van der Waals surface area contributed by atoms with Crippen molar-refractivity contribution in [3.8, 4) is 6.07 Å². The van der Waals surface area contributed by atoms with Crippen LogP contribution in [0.3, 0.4) is 0 Å². The summed E-state index contributed by atoms with van der Waals surface area (Å²) in [6.45, 7) is 0.815. The number of hydrogen-bond acceptors (Lipinski definition) is 8. The quantitative estimate of drug-likeness (QED) is 0.451. The molecule has 1 aromatic carbocycles. The molecule has 0 bridgehead atoms. The van der Waals surface area contributed by atoms with Crippen LogP contribution in [0.15, 0.2) is 40.1 Å². The SMILES string of the molecule is N#Cc1ccc(NC(=O)CCSc2nnc(NCCc3cccs3)s2)cc1Cl. The minimum absolute atomic E-state index is 0.118. The van der Waals surface area contributed by atoms with Gasteiger partial charge in [-0.1, -0.05) is 40.8 Å². The number of halogens is 1. The van der Waals surface area contributed by atoms with E-state index in [1.54, 1.807) is 29.5 Å². The summed E-state index contributed by atoms with van der Waals surface area (Å²) in [6, 6.07) is 11.0. The van der Waals surface area contributed by atoms with E-state index in [1.165, 1.54) is 28.0 Å². The molecule has 2 N–H and O–H groups in total. The lowest BCUT2D eigenvalue weighted by atomic mass is 10.2. The highest BCUT2D eigenvalue weighted by Gasteiger charge is 2.08. The fraction of sp³-hybridized carbons (Fsp3) is 0.222. The molecule has 0 saturated carbocycles. The maximum atomic E-state index is 12.1. The Labute approximate surface area is 180 Å². The van der Waals surface area contributed by atoms with E-state index < -0.39 is 0 Å². The molecule has 0 radical (unpaired) electrons. The maximum Gasteiger partial charge on any atom is 0.225 e. The van der Waals surface area contributed by atoms with Gasteiger partial charge in [-0.05, 0) is 36.1 Å². The van der Waals surface area contributed by atoms with Crippen LogP contribution in [-0.2, 0) is 11.2 Å². The average molecular weight is 450 g/mol. The summed E-state index contributed by atoms with van der Waals surface area (Å²) in [6.07, 6.45) is 1.29. The lowest BCUT2D eigenvalue weighted by Gasteiger charge is -2.05. The smallest absolute Gasteiger partial charge is 0.225 e. The summed E-state index contributed by atoms with van der Waals surface area (Å²) >= 11 is 10.7. The van der Waals surface area contributed by atoms with E-state index in [0.29, 0.717) is 28.4 Å². The summed E-state index contributed by atoms with van der Waals surface area (Å²) in [5, 5.41) is 26.4. The standard InChI is InChI=1S/C18H16ClN5OS3/c19-15-10-13(4-3-12(15)11-20)22-16(25)6-9-27-18-24-23-17(28-18)21-7-5-14-2-1-8-26-14/h1-4,8,10H,5-7,9H2,(H,21,23)(H,22,25). The summed E-state index contributed by atoms with van der Waals surface area (Å²) in [5.41, 5.74) is 0.957. The Morgan fingerprint density at radius 1 is 1.32 bits per heavy atom. The number of carbonyl (C=O) groups excluding carboxylic acids is 1. The van der Waals surface area contributed by atoms with Crippen LogP contribution < -0.4 is 10.6 Å².